The number of hydrogen-bond donors (Lipinski definition) is 1. The molecule has 1 unspecified atom stereocenters. The first-order valence-electron chi connectivity index (χ1n) is 10.3. The Morgan fingerprint density at radius 1 is 1.12 bits per heavy atom. The second-order valence-electron chi connectivity index (χ2n) is 8.62. The maximum absolute atomic E-state index is 13.1. The molecule has 0 bridgehead atoms. The molecule has 1 aromatic carbocycles. The van der Waals surface area contributed by atoms with E-state index in [-0.39, 0.29) is 6.04 Å². The Bertz CT molecular complexity index is 1240. The van der Waals surface area contributed by atoms with Crippen molar-refractivity contribution in [3.05, 3.63) is 76.3 Å². The molecule has 2 atom stereocenters. The van der Waals surface area contributed by atoms with Gasteiger partial charge in [-0.1, -0.05) is 23.4 Å². The minimum Gasteiger partial charge on any atom is -0.598 e. The SMILES string of the molecule is Cc1ccc(Br)nc1CC(N[S@@+]([O-])C(C)(C)C)c1ncccc1-c1noc2ccccc12. The molecule has 3 aromatic heterocycles. The molecule has 32 heavy (non-hydrogen) atoms. The van der Waals surface area contributed by atoms with E-state index >= 15 is 0 Å². The Kier molecular flexibility index (Phi) is 6.67. The number of nitrogens with zero attached hydrogens (tertiary/aromatic N) is 3. The van der Waals surface area contributed by atoms with Gasteiger partial charge in [0.25, 0.3) is 0 Å². The molecule has 0 aliphatic rings. The summed E-state index contributed by atoms with van der Waals surface area (Å²) in [5.41, 5.74) is 5.00. The number of aryl methyl sites for hydroxylation is 1. The van der Waals surface area contributed by atoms with Crippen LogP contribution in [0.2, 0.25) is 0 Å². The minimum atomic E-state index is -1.31. The molecule has 8 heteroatoms. The Balaban J connectivity index is 1.82. The highest BCUT2D eigenvalue weighted by atomic mass is 79.9. The van der Waals surface area contributed by atoms with Gasteiger partial charge in [0, 0.05) is 40.6 Å². The first-order chi connectivity index (χ1) is 15.2. The van der Waals surface area contributed by atoms with Crippen LogP contribution >= 0.6 is 15.9 Å². The average Bonchev–Trinajstić information content (AvgIpc) is 3.19. The molecule has 0 saturated carbocycles. The molecule has 3 heterocycles. The normalized spacial score (nSPS) is 13.9. The van der Waals surface area contributed by atoms with Gasteiger partial charge in [0.2, 0.25) is 0 Å². The van der Waals surface area contributed by atoms with Gasteiger partial charge in [0.15, 0.2) is 5.58 Å². The number of hydrogen-bond acceptors (Lipinski definition) is 6. The van der Waals surface area contributed by atoms with Gasteiger partial charge in [-0.15, -0.1) is 4.72 Å². The van der Waals surface area contributed by atoms with E-state index in [1.165, 1.54) is 0 Å². The van der Waals surface area contributed by atoms with Gasteiger partial charge in [-0.3, -0.25) is 4.98 Å². The van der Waals surface area contributed by atoms with Crippen LogP contribution in [0.1, 0.15) is 43.8 Å². The van der Waals surface area contributed by atoms with Gasteiger partial charge in [0.1, 0.15) is 21.1 Å². The highest BCUT2D eigenvalue weighted by Crippen LogP contribution is 2.34. The molecular weight excluding hydrogens is 488 g/mol. The van der Waals surface area contributed by atoms with Crippen LogP contribution in [0.3, 0.4) is 0 Å². The fraction of sp³-hybridized carbons (Fsp3) is 0.292. The third kappa shape index (κ3) is 4.88. The second-order valence-corrected chi connectivity index (χ2v) is 11.4. The number of para-hydroxylation sites is 1. The van der Waals surface area contributed by atoms with Crippen LogP contribution in [0.15, 0.2) is 63.9 Å². The quantitative estimate of drug-likeness (QED) is 0.263. The molecule has 0 fully saturated rings. The number of aromatic nitrogens is 3. The van der Waals surface area contributed by atoms with Crippen molar-refractivity contribution in [2.75, 3.05) is 0 Å². The van der Waals surface area contributed by atoms with E-state index in [1.54, 1.807) is 6.20 Å². The lowest BCUT2D eigenvalue weighted by molar-refractivity contribution is 0.459. The monoisotopic (exact) mass is 512 g/mol. The maximum atomic E-state index is 13.1. The minimum absolute atomic E-state index is 0.345. The van der Waals surface area contributed by atoms with Gasteiger partial charge in [-0.25, -0.2) is 4.98 Å². The number of fused-ring (bicyclic) bond motifs is 1. The Morgan fingerprint density at radius 2 is 1.91 bits per heavy atom. The number of halogens is 1. The van der Waals surface area contributed by atoms with Crippen LogP contribution in [0.25, 0.3) is 22.2 Å². The van der Waals surface area contributed by atoms with Crippen molar-refractivity contribution in [1.82, 2.24) is 19.8 Å². The van der Waals surface area contributed by atoms with Crippen LogP contribution in [0.5, 0.6) is 0 Å². The predicted octanol–water partition coefficient (Wildman–Crippen LogP) is 5.69. The maximum Gasteiger partial charge on any atom is 0.167 e. The summed E-state index contributed by atoms with van der Waals surface area (Å²) in [5, 5.41) is 5.24. The lowest BCUT2D eigenvalue weighted by atomic mass is 9.98. The predicted molar refractivity (Wildman–Crippen MR) is 131 cm³/mol. The van der Waals surface area contributed by atoms with E-state index in [1.807, 2.05) is 76.2 Å². The molecule has 4 aromatic rings. The van der Waals surface area contributed by atoms with Crippen molar-refractivity contribution in [2.45, 2.75) is 44.9 Å². The molecule has 0 amide bonds. The molecule has 0 aliphatic heterocycles. The van der Waals surface area contributed by atoms with Crippen molar-refractivity contribution in [1.29, 1.82) is 0 Å². The standard InChI is InChI=1S/C24H25BrN4O2S/c1-15-11-12-21(25)27-18(15)14-19(29-32(30)24(2,3)4)23-17(9-7-13-26-23)22-16-8-5-6-10-20(16)31-28-22/h5-13,19,29H,14H2,1-4H3/t19?,32-/m0/s1. The van der Waals surface area contributed by atoms with Crippen LogP contribution in [0, 0.1) is 6.92 Å². The molecule has 0 aliphatic carbocycles. The fourth-order valence-electron chi connectivity index (χ4n) is 3.42. The smallest absolute Gasteiger partial charge is 0.167 e. The lowest BCUT2D eigenvalue weighted by Gasteiger charge is -2.28. The van der Waals surface area contributed by atoms with Gasteiger partial charge in [-0.05, 0) is 79.5 Å². The van der Waals surface area contributed by atoms with E-state index < -0.39 is 16.1 Å². The van der Waals surface area contributed by atoms with Gasteiger partial charge in [-0.2, -0.15) is 0 Å². The van der Waals surface area contributed by atoms with Crippen molar-refractivity contribution in [3.63, 3.8) is 0 Å². The van der Waals surface area contributed by atoms with Crippen LogP contribution in [0.4, 0.5) is 0 Å². The third-order valence-corrected chi connectivity index (χ3v) is 7.22. The summed E-state index contributed by atoms with van der Waals surface area (Å²) in [5.74, 6) is 0. The summed E-state index contributed by atoms with van der Waals surface area (Å²) >= 11 is 2.16. The summed E-state index contributed by atoms with van der Waals surface area (Å²) in [6.45, 7) is 7.86. The van der Waals surface area contributed by atoms with Crippen LogP contribution in [-0.2, 0) is 17.8 Å². The van der Waals surface area contributed by atoms with Gasteiger partial charge < -0.3 is 9.08 Å². The highest BCUT2D eigenvalue weighted by molar-refractivity contribution is 9.10. The average molecular weight is 513 g/mol. The second kappa shape index (κ2) is 9.31. The first kappa shape index (κ1) is 22.9. The number of pyridine rings is 2. The summed E-state index contributed by atoms with van der Waals surface area (Å²) in [6.07, 6.45) is 2.27. The van der Waals surface area contributed by atoms with Crippen LogP contribution < -0.4 is 4.72 Å². The molecule has 0 spiro atoms. The molecule has 6 nitrogen and oxygen atoms in total. The zero-order valence-electron chi connectivity index (χ0n) is 18.4. The van der Waals surface area contributed by atoms with E-state index in [0.29, 0.717) is 12.0 Å². The van der Waals surface area contributed by atoms with Crippen molar-refractivity contribution >= 4 is 38.3 Å². The third-order valence-electron chi connectivity index (χ3n) is 5.17. The van der Waals surface area contributed by atoms with Crippen molar-refractivity contribution in [2.24, 2.45) is 0 Å². The van der Waals surface area contributed by atoms with Gasteiger partial charge in [0.05, 0.1) is 5.69 Å². The molecule has 4 rings (SSSR count). The van der Waals surface area contributed by atoms with Gasteiger partial charge >= 0.3 is 0 Å². The van der Waals surface area contributed by atoms with E-state index in [4.69, 9.17) is 9.51 Å². The summed E-state index contributed by atoms with van der Waals surface area (Å²) < 4.78 is 22.3. The number of benzene rings is 1. The zero-order valence-corrected chi connectivity index (χ0v) is 20.8. The Morgan fingerprint density at radius 3 is 2.69 bits per heavy atom. The molecule has 0 saturated heterocycles. The largest absolute Gasteiger partial charge is 0.598 e. The summed E-state index contributed by atoms with van der Waals surface area (Å²) in [7, 11) is 0. The first-order valence-corrected chi connectivity index (χ1v) is 12.3. The van der Waals surface area contributed by atoms with E-state index in [2.05, 4.69) is 30.8 Å². The molecular formula is C24H25BrN4O2S. The lowest BCUT2D eigenvalue weighted by Crippen LogP contribution is -2.42. The van der Waals surface area contributed by atoms with Crippen molar-refractivity contribution in [3.8, 4) is 11.3 Å². The topological polar surface area (TPSA) is 86.9 Å². The molecule has 1 N–H and O–H groups in total. The summed E-state index contributed by atoms with van der Waals surface area (Å²) in [4.78, 5) is 9.37. The highest BCUT2D eigenvalue weighted by Gasteiger charge is 2.32. The zero-order chi connectivity index (χ0) is 22.9. The van der Waals surface area contributed by atoms with E-state index in [9.17, 15) is 4.55 Å². The summed E-state index contributed by atoms with van der Waals surface area (Å²) in [6, 6.07) is 15.2. The number of rotatable bonds is 6. The number of nitrogens with one attached hydrogen (secondary N) is 1. The Labute approximate surface area is 199 Å². The van der Waals surface area contributed by atoms with Crippen molar-refractivity contribution < 1.29 is 9.08 Å². The van der Waals surface area contributed by atoms with Crippen LogP contribution in [-0.4, -0.2) is 24.4 Å². The molecule has 0 radical (unpaired) electrons. The Hall–Kier alpha value is -2.26. The molecule has 166 valence electrons. The van der Waals surface area contributed by atoms with E-state index in [0.717, 1.165) is 38.2 Å². The fourth-order valence-corrected chi connectivity index (χ4v) is 4.57.